The Morgan fingerprint density at radius 2 is 0.474 bits per heavy atom. The van der Waals surface area contributed by atoms with Gasteiger partial charge in [0.2, 0.25) is 0 Å². The first-order valence-corrected chi connectivity index (χ1v) is 8.91. The second kappa shape index (κ2) is 21.0. The van der Waals surface area contributed by atoms with Crippen LogP contribution in [0, 0.1) is 0 Å². The van der Waals surface area contributed by atoms with Crippen LogP contribution in [0.1, 0.15) is 117 Å². The van der Waals surface area contributed by atoms with E-state index in [1.54, 1.807) is 0 Å². The Kier molecular flexibility index (Phi) is 24.4. The van der Waals surface area contributed by atoms with Crippen molar-refractivity contribution in [1.29, 1.82) is 0 Å². The summed E-state index contributed by atoms with van der Waals surface area (Å²) in [5.41, 5.74) is 0. The number of rotatable bonds is 15. The van der Waals surface area contributed by atoms with Gasteiger partial charge >= 0.3 is 0 Å². The van der Waals surface area contributed by atoms with Crippen molar-refractivity contribution in [2.45, 2.75) is 117 Å². The maximum atomic E-state index is 2.29. The Morgan fingerprint density at radius 1 is 0.316 bits per heavy atom. The molecule has 0 unspecified atom stereocenters. The molecule has 0 aromatic rings. The van der Waals surface area contributed by atoms with Gasteiger partial charge in [-0.15, -0.1) is 0 Å². The topological polar surface area (TPSA) is 0 Å². The van der Waals surface area contributed by atoms with E-state index in [4.69, 9.17) is 0 Å². The Bertz CT molecular complexity index is 118. The zero-order chi connectivity index (χ0) is 13.3. The number of hydrogen-bond donors (Lipinski definition) is 0. The summed E-state index contributed by atoms with van der Waals surface area (Å²) >= 11 is 0. The molecule has 121 valence electrons. The van der Waals surface area contributed by atoms with E-state index in [1.165, 1.54) is 103 Å². The van der Waals surface area contributed by atoms with Crippen LogP contribution >= 0.6 is 0 Å². The maximum Gasteiger partial charge on any atom is 0 e. The SMILES string of the molecule is CCCCCCCCCCCCCCCCCC.[Ag]. The molecule has 0 aliphatic carbocycles. The summed E-state index contributed by atoms with van der Waals surface area (Å²) in [7, 11) is 0. The second-order valence-corrected chi connectivity index (χ2v) is 5.95. The van der Waals surface area contributed by atoms with Crippen LogP contribution in [0.15, 0.2) is 0 Å². The standard InChI is InChI=1S/C18H38.Ag/c1-3-5-7-9-11-13-15-17-18-16-14-12-10-8-6-4-2;/h3-18H2,1-2H3;. The molecule has 0 heterocycles. The Labute approximate surface area is 139 Å². The Hall–Kier alpha value is 0.740. The normalized spacial score (nSPS) is 10.4. The molecule has 0 saturated carbocycles. The fourth-order valence-corrected chi connectivity index (χ4v) is 2.62. The minimum absolute atomic E-state index is 0. The third-order valence-electron chi connectivity index (χ3n) is 3.96. The van der Waals surface area contributed by atoms with Crippen LogP contribution in [-0.4, -0.2) is 0 Å². The third-order valence-corrected chi connectivity index (χ3v) is 3.96. The van der Waals surface area contributed by atoms with Gasteiger partial charge < -0.3 is 0 Å². The molecule has 1 heteroatoms. The van der Waals surface area contributed by atoms with E-state index < -0.39 is 0 Å². The smallest absolute Gasteiger partial charge is 0 e. The molecule has 0 bridgehead atoms. The first-order valence-electron chi connectivity index (χ1n) is 8.91. The molecule has 0 fully saturated rings. The molecule has 0 atom stereocenters. The van der Waals surface area contributed by atoms with E-state index in [1.807, 2.05) is 0 Å². The van der Waals surface area contributed by atoms with Crippen molar-refractivity contribution in [3.05, 3.63) is 0 Å². The molecule has 0 aromatic heterocycles. The van der Waals surface area contributed by atoms with Gasteiger partial charge in [0.05, 0.1) is 0 Å². The molecule has 0 amide bonds. The third kappa shape index (κ3) is 21.2. The molecule has 0 aliphatic heterocycles. The van der Waals surface area contributed by atoms with Crippen molar-refractivity contribution < 1.29 is 22.4 Å². The largest absolute Gasteiger partial charge is 0.0654 e. The molecule has 0 saturated heterocycles. The fraction of sp³-hybridized carbons (Fsp3) is 1.00. The molecule has 19 heavy (non-hydrogen) atoms. The fourth-order valence-electron chi connectivity index (χ4n) is 2.62. The second-order valence-electron chi connectivity index (χ2n) is 5.95. The van der Waals surface area contributed by atoms with Crippen LogP contribution < -0.4 is 0 Å². The van der Waals surface area contributed by atoms with Crippen molar-refractivity contribution in [3.63, 3.8) is 0 Å². The van der Waals surface area contributed by atoms with Gasteiger partial charge in [-0.2, -0.15) is 0 Å². The van der Waals surface area contributed by atoms with Gasteiger partial charge in [0, 0.05) is 22.4 Å². The summed E-state index contributed by atoms with van der Waals surface area (Å²) in [5.74, 6) is 0. The number of hydrogen-bond acceptors (Lipinski definition) is 0. The average Bonchev–Trinajstić information content (AvgIpc) is 2.39. The minimum atomic E-state index is 0. The van der Waals surface area contributed by atoms with E-state index in [2.05, 4.69) is 13.8 Å². The van der Waals surface area contributed by atoms with Gasteiger partial charge in [-0.3, -0.25) is 0 Å². The Morgan fingerprint density at radius 3 is 0.632 bits per heavy atom. The van der Waals surface area contributed by atoms with Crippen molar-refractivity contribution in [1.82, 2.24) is 0 Å². The van der Waals surface area contributed by atoms with Crippen molar-refractivity contribution in [2.75, 3.05) is 0 Å². The van der Waals surface area contributed by atoms with E-state index in [-0.39, 0.29) is 22.4 Å². The average molecular weight is 362 g/mol. The predicted molar refractivity (Wildman–Crippen MR) is 85.2 cm³/mol. The monoisotopic (exact) mass is 361 g/mol. The molecule has 0 aromatic carbocycles. The summed E-state index contributed by atoms with van der Waals surface area (Å²) in [6, 6.07) is 0. The molecule has 0 N–H and O–H groups in total. The predicted octanol–water partition coefficient (Wildman–Crippen LogP) is 7.27. The summed E-state index contributed by atoms with van der Waals surface area (Å²) in [6.07, 6.45) is 23.4. The van der Waals surface area contributed by atoms with Crippen molar-refractivity contribution in [2.24, 2.45) is 0 Å². The first kappa shape index (κ1) is 22.0. The zero-order valence-electron chi connectivity index (χ0n) is 13.6. The van der Waals surface area contributed by atoms with Crippen LogP contribution in [0.3, 0.4) is 0 Å². The molecule has 0 spiro atoms. The molecule has 0 aliphatic rings. The molecule has 0 nitrogen and oxygen atoms in total. The summed E-state index contributed by atoms with van der Waals surface area (Å²) in [4.78, 5) is 0. The van der Waals surface area contributed by atoms with E-state index in [9.17, 15) is 0 Å². The van der Waals surface area contributed by atoms with Crippen molar-refractivity contribution >= 4 is 0 Å². The Balaban J connectivity index is 0. The minimum Gasteiger partial charge on any atom is -0.0654 e. The molecular formula is C18H38Ag. The molecule has 1 radical (unpaired) electrons. The van der Waals surface area contributed by atoms with Gasteiger partial charge in [-0.1, -0.05) is 117 Å². The quantitative estimate of drug-likeness (QED) is 0.212. The summed E-state index contributed by atoms with van der Waals surface area (Å²) in [6.45, 7) is 4.59. The van der Waals surface area contributed by atoms with Gasteiger partial charge in [0.1, 0.15) is 0 Å². The van der Waals surface area contributed by atoms with E-state index >= 15 is 0 Å². The first-order chi connectivity index (χ1) is 8.91. The van der Waals surface area contributed by atoms with Gasteiger partial charge in [0.15, 0.2) is 0 Å². The van der Waals surface area contributed by atoms with Crippen molar-refractivity contribution in [3.8, 4) is 0 Å². The summed E-state index contributed by atoms with van der Waals surface area (Å²) < 4.78 is 0. The van der Waals surface area contributed by atoms with Crippen LogP contribution in [-0.2, 0) is 22.4 Å². The summed E-state index contributed by atoms with van der Waals surface area (Å²) in [5, 5.41) is 0. The van der Waals surface area contributed by atoms with Gasteiger partial charge in [0.25, 0.3) is 0 Å². The number of unbranched alkanes of at least 4 members (excludes halogenated alkanes) is 15. The maximum absolute atomic E-state index is 2.29. The van der Waals surface area contributed by atoms with Crippen LogP contribution in [0.5, 0.6) is 0 Å². The molecule has 0 rings (SSSR count). The molecular weight excluding hydrogens is 324 g/mol. The van der Waals surface area contributed by atoms with Crippen LogP contribution in [0.4, 0.5) is 0 Å². The van der Waals surface area contributed by atoms with Gasteiger partial charge in [-0.25, -0.2) is 0 Å². The zero-order valence-corrected chi connectivity index (χ0v) is 15.1. The van der Waals surface area contributed by atoms with E-state index in [0.717, 1.165) is 0 Å². The van der Waals surface area contributed by atoms with E-state index in [0.29, 0.717) is 0 Å². The van der Waals surface area contributed by atoms with Crippen LogP contribution in [0.25, 0.3) is 0 Å². The van der Waals surface area contributed by atoms with Gasteiger partial charge in [-0.05, 0) is 0 Å². The van der Waals surface area contributed by atoms with Crippen LogP contribution in [0.2, 0.25) is 0 Å².